The smallest absolute Gasteiger partial charge is 0.407 e. The Morgan fingerprint density at radius 2 is 2.32 bits per heavy atom. The zero-order chi connectivity index (χ0) is 14.1. The van der Waals surface area contributed by atoms with Gasteiger partial charge in [-0.3, -0.25) is 0 Å². The second-order valence-corrected chi connectivity index (χ2v) is 3.59. The number of ether oxygens (including phenoxy) is 2. The van der Waals surface area contributed by atoms with Crippen molar-refractivity contribution >= 4 is 17.9 Å². The first kappa shape index (κ1) is 14.8. The number of anilines is 2. The van der Waals surface area contributed by atoms with E-state index in [0.29, 0.717) is 37.7 Å². The maximum absolute atomic E-state index is 11.0. The molecule has 8 nitrogen and oxygen atoms in total. The molecular weight excluding hydrogens is 250 g/mol. The monoisotopic (exact) mass is 269 g/mol. The molecule has 0 bridgehead atoms. The number of nitrogen functional groups attached to an aromatic ring is 1. The third-order valence-corrected chi connectivity index (χ3v) is 2.16. The highest BCUT2D eigenvalue weighted by atomic mass is 16.5. The molecule has 19 heavy (non-hydrogen) atoms. The van der Waals surface area contributed by atoms with Gasteiger partial charge in [0.15, 0.2) is 11.6 Å². The fourth-order valence-electron chi connectivity index (χ4n) is 1.30. The van der Waals surface area contributed by atoms with Crippen molar-refractivity contribution in [2.24, 2.45) is 0 Å². The molecule has 4 N–H and O–H groups in total. The second kappa shape index (κ2) is 7.96. The third kappa shape index (κ3) is 5.28. The van der Waals surface area contributed by atoms with Crippen molar-refractivity contribution < 1.29 is 14.3 Å². The Labute approximate surface area is 111 Å². The SMILES string of the molecule is CCNC(=O)OCCCNc1nc(N)ncc1OC. The van der Waals surface area contributed by atoms with Gasteiger partial charge >= 0.3 is 6.09 Å². The van der Waals surface area contributed by atoms with Gasteiger partial charge in [-0.2, -0.15) is 4.98 Å². The van der Waals surface area contributed by atoms with Gasteiger partial charge < -0.3 is 25.8 Å². The number of amides is 1. The van der Waals surface area contributed by atoms with Gasteiger partial charge in [0.1, 0.15) is 0 Å². The molecule has 0 aliphatic carbocycles. The van der Waals surface area contributed by atoms with Gasteiger partial charge in [-0.15, -0.1) is 0 Å². The summed E-state index contributed by atoms with van der Waals surface area (Å²) in [6.07, 6.45) is 1.73. The van der Waals surface area contributed by atoms with Crippen molar-refractivity contribution in [3.05, 3.63) is 6.20 Å². The number of nitrogens with one attached hydrogen (secondary N) is 2. The Bertz CT molecular complexity index is 413. The summed E-state index contributed by atoms with van der Waals surface area (Å²) >= 11 is 0. The van der Waals surface area contributed by atoms with Gasteiger partial charge in [0.25, 0.3) is 0 Å². The van der Waals surface area contributed by atoms with Crippen LogP contribution < -0.4 is 21.1 Å². The van der Waals surface area contributed by atoms with Crippen molar-refractivity contribution in [3.63, 3.8) is 0 Å². The van der Waals surface area contributed by atoms with Crippen LogP contribution in [0.4, 0.5) is 16.6 Å². The topological polar surface area (TPSA) is 111 Å². The van der Waals surface area contributed by atoms with Crippen molar-refractivity contribution in [2.45, 2.75) is 13.3 Å². The minimum atomic E-state index is -0.411. The van der Waals surface area contributed by atoms with Crippen LogP contribution in [-0.2, 0) is 4.74 Å². The lowest BCUT2D eigenvalue weighted by atomic mass is 10.4. The van der Waals surface area contributed by atoms with Crippen LogP contribution in [0.2, 0.25) is 0 Å². The average Bonchev–Trinajstić information content (AvgIpc) is 2.39. The number of aromatic nitrogens is 2. The van der Waals surface area contributed by atoms with Gasteiger partial charge in [-0.1, -0.05) is 0 Å². The summed E-state index contributed by atoms with van der Waals surface area (Å²) < 4.78 is 10.0. The quantitative estimate of drug-likeness (QED) is 0.622. The van der Waals surface area contributed by atoms with E-state index in [1.165, 1.54) is 13.3 Å². The number of carbonyl (C=O) groups excluding carboxylic acids is 1. The third-order valence-electron chi connectivity index (χ3n) is 2.16. The van der Waals surface area contributed by atoms with E-state index in [1.807, 2.05) is 6.92 Å². The molecule has 1 heterocycles. The summed E-state index contributed by atoms with van der Waals surface area (Å²) in [6, 6.07) is 0. The first-order valence-electron chi connectivity index (χ1n) is 5.98. The maximum Gasteiger partial charge on any atom is 0.407 e. The molecule has 0 unspecified atom stereocenters. The number of alkyl carbamates (subject to hydrolysis) is 1. The van der Waals surface area contributed by atoms with E-state index in [9.17, 15) is 4.79 Å². The molecule has 0 spiro atoms. The van der Waals surface area contributed by atoms with E-state index in [-0.39, 0.29) is 5.95 Å². The highest BCUT2D eigenvalue weighted by molar-refractivity contribution is 5.66. The summed E-state index contributed by atoms with van der Waals surface area (Å²) in [4.78, 5) is 18.8. The van der Waals surface area contributed by atoms with E-state index in [1.54, 1.807) is 0 Å². The molecule has 1 amide bonds. The highest BCUT2D eigenvalue weighted by Gasteiger charge is 2.05. The number of rotatable bonds is 7. The Hall–Kier alpha value is -2.25. The molecule has 1 aromatic rings. The van der Waals surface area contributed by atoms with Gasteiger partial charge in [0, 0.05) is 13.1 Å². The number of nitrogens with zero attached hydrogens (tertiary/aromatic N) is 2. The zero-order valence-electron chi connectivity index (χ0n) is 11.1. The Balaban J connectivity index is 2.29. The molecule has 0 saturated heterocycles. The minimum absolute atomic E-state index is 0.168. The summed E-state index contributed by atoms with van der Waals surface area (Å²) in [5.41, 5.74) is 5.49. The Morgan fingerprint density at radius 3 is 3.00 bits per heavy atom. The summed E-state index contributed by atoms with van der Waals surface area (Å²) in [6.45, 7) is 3.27. The lowest BCUT2D eigenvalue weighted by molar-refractivity contribution is 0.146. The summed E-state index contributed by atoms with van der Waals surface area (Å²) in [5, 5.41) is 5.58. The molecule has 0 aliphatic heterocycles. The standard InChI is InChI=1S/C11H19N5O3/c1-3-13-11(17)19-6-4-5-14-9-8(18-2)7-15-10(12)16-9/h7H,3-6H2,1-2H3,(H,13,17)(H3,12,14,15,16). The first-order chi connectivity index (χ1) is 9.17. The fourth-order valence-corrected chi connectivity index (χ4v) is 1.30. The van der Waals surface area contributed by atoms with E-state index >= 15 is 0 Å². The zero-order valence-corrected chi connectivity index (χ0v) is 11.1. The lowest BCUT2D eigenvalue weighted by Gasteiger charge is -2.10. The summed E-state index contributed by atoms with van der Waals surface area (Å²) in [5.74, 6) is 1.20. The molecule has 0 atom stereocenters. The minimum Gasteiger partial charge on any atom is -0.491 e. The maximum atomic E-state index is 11.0. The second-order valence-electron chi connectivity index (χ2n) is 3.59. The normalized spacial score (nSPS) is 9.79. The molecule has 1 rings (SSSR count). The largest absolute Gasteiger partial charge is 0.491 e. The Morgan fingerprint density at radius 1 is 1.53 bits per heavy atom. The number of hydrogen-bond donors (Lipinski definition) is 3. The van der Waals surface area contributed by atoms with Gasteiger partial charge in [0.2, 0.25) is 5.95 Å². The molecule has 0 radical (unpaired) electrons. The van der Waals surface area contributed by atoms with Gasteiger partial charge in [-0.25, -0.2) is 9.78 Å². The van der Waals surface area contributed by atoms with Crippen LogP contribution in [0.15, 0.2) is 6.20 Å². The first-order valence-corrected chi connectivity index (χ1v) is 5.98. The predicted octanol–water partition coefficient (Wildman–Crippen LogP) is 0.616. The number of methoxy groups -OCH3 is 1. The van der Waals surface area contributed by atoms with Crippen LogP contribution in [0.3, 0.4) is 0 Å². The highest BCUT2D eigenvalue weighted by Crippen LogP contribution is 2.20. The number of hydrogen-bond acceptors (Lipinski definition) is 7. The predicted molar refractivity (Wildman–Crippen MR) is 71.1 cm³/mol. The van der Waals surface area contributed by atoms with Crippen LogP contribution >= 0.6 is 0 Å². The summed E-state index contributed by atoms with van der Waals surface area (Å²) in [7, 11) is 1.53. The fraction of sp³-hybridized carbons (Fsp3) is 0.545. The van der Waals surface area contributed by atoms with E-state index in [4.69, 9.17) is 15.2 Å². The molecule has 106 valence electrons. The van der Waals surface area contributed by atoms with E-state index in [0.717, 1.165) is 0 Å². The van der Waals surface area contributed by atoms with Crippen molar-refractivity contribution in [3.8, 4) is 5.75 Å². The van der Waals surface area contributed by atoms with Crippen LogP contribution in [-0.4, -0.2) is 42.9 Å². The van der Waals surface area contributed by atoms with Crippen LogP contribution in [0.1, 0.15) is 13.3 Å². The van der Waals surface area contributed by atoms with Crippen LogP contribution in [0, 0.1) is 0 Å². The van der Waals surface area contributed by atoms with Crippen LogP contribution in [0.5, 0.6) is 5.75 Å². The number of carbonyl (C=O) groups is 1. The van der Waals surface area contributed by atoms with Crippen LogP contribution in [0.25, 0.3) is 0 Å². The van der Waals surface area contributed by atoms with Crippen molar-refractivity contribution in [1.29, 1.82) is 0 Å². The molecule has 1 aromatic heterocycles. The van der Waals surface area contributed by atoms with Crippen molar-refractivity contribution in [2.75, 3.05) is 37.9 Å². The molecule has 0 aromatic carbocycles. The van der Waals surface area contributed by atoms with E-state index < -0.39 is 6.09 Å². The molecule has 0 aliphatic rings. The average molecular weight is 269 g/mol. The van der Waals surface area contributed by atoms with Gasteiger partial charge in [0.05, 0.1) is 19.9 Å². The molecule has 8 heteroatoms. The molecule has 0 fully saturated rings. The molecule has 0 saturated carbocycles. The lowest BCUT2D eigenvalue weighted by Crippen LogP contribution is -2.24. The number of nitrogens with two attached hydrogens (primary N) is 1. The van der Waals surface area contributed by atoms with E-state index in [2.05, 4.69) is 20.6 Å². The van der Waals surface area contributed by atoms with Crippen molar-refractivity contribution in [1.82, 2.24) is 15.3 Å². The molecular formula is C11H19N5O3. The Kier molecular flexibility index (Phi) is 6.20. The van der Waals surface area contributed by atoms with Gasteiger partial charge in [-0.05, 0) is 13.3 Å².